The average molecular weight is 208 g/mol. The summed E-state index contributed by atoms with van der Waals surface area (Å²) in [6, 6.07) is 6.07. The molecule has 0 aliphatic carbocycles. The molecule has 1 N–H and O–H groups in total. The molecule has 0 aromatic carbocycles. The van der Waals surface area contributed by atoms with Crippen LogP contribution in [0.5, 0.6) is 0 Å². The molecule has 15 heavy (non-hydrogen) atoms. The largest absolute Gasteiger partial charge is 0.375 e. The molecule has 0 atom stereocenters. The Hall–Kier alpha value is -0.930. The maximum absolute atomic E-state index is 5.32. The first kappa shape index (κ1) is 12.1. The Morgan fingerprint density at radius 2 is 2.07 bits per heavy atom. The third-order valence-corrected chi connectivity index (χ3v) is 2.05. The van der Waals surface area contributed by atoms with Crippen LogP contribution in [0.3, 0.4) is 0 Å². The lowest BCUT2D eigenvalue weighted by atomic mass is 10.3. The van der Waals surface area contributed by atoms with Gasteiger partial charge in [0.25, 0.3) is 0 Å². The molecule has 0 saturated heterocycles. The Morgan fingerprint density at radius 1 is 1.27 bits per heavy atom. The number of pyridine rings is 1. The average Bonchev–Trinajstić information content (AvgIpc) is 2.27. The molecule has 1 aromatic heterocycles. The fraction of sp³-hybridized carbons (Fsp3) is 0.583. The highest BCUT2D eigenvalue weighted by Crippen LogP contribution is 2.01. The third kappa shape index (κ3) is 4.91. The van der Waals surface area contributed by atoms with Gasteiger partial charge in [0.2, 0.25) is 0 Å². The van der Waals surface area contributed by atoms with E-state index in [1.54, 1.807) is 0 Å². The third-order valence-electron chi connectivity index (χ3n) is 2.05. The zero-order valence-corrected chi connectivity index (χ0v) is 9.62. The summed E-state index contributed by atoms with van der Waals surface area (Å²) in [5.74, 6) is 0. The molecule has 0 aliphatic heterocycles. The van der Waals surface area contributed by atoms with Crippen molar-refractivity contribution >= 4 is 0 Å². The maximum Gasteiger partial charge on any atom is 0.0887 e. The minimum Gasteiger partial charge on any atom is -0.375 e. The Bertz CT molecular complexity index is 276. The summed E-state index contributed by atoms with van der Waals surface area (Å²) >= 11 is 0. The van der Waals surface area contributed by atoms with E-state index in [0.29, 0.717) is 6.61 Å². The quantitative estimate of drug-likeness (QED) is 0.697. The van der Waals surface area contributed by atoms with Crippen molar-refractivity contribution in [1.82, 2.24) is 10.3 Å². The van der Waals surface area contributed by atoms with E-state index in [1.807, 2.05) is 25.1 Å². The van der Waals surface area contributed by atoms with Crippen molar-refractivity contribution in [1.29, 1.82) is 0 Å². The van der Waals surface area contributed by atoms with E-state index in [9.17, 15) is 0 Å². The maximum atomic E-state index is 5.32. The van der Waals surface area contributed by atoms with Gasteiger partial charge in [0.15, 0.2) is 0 Å². The topological polar surface area (TPSA) is 34.1 Å². The molecule has 0 aliphatic rings. The van der Waals surface area contributed by atoms with E-state index >= 15 is 0 Å². The van der Waals surface area contributed by atoms with Crippen LogP contribution in [0.1, 0.15) is 31.7 Å². The molecule has 84 valence electrons. The Kier molecular flexibility index (Phi) is 5.97. The van der Waals surface area contributed by atoms with Gasteiger partial charge in [-0.2, -0.15) is 0 Å². The molecule has 0 saturated carbocycles. The molecule has 0 bridgehead atoms. The standard InChI is InChI=1S/C12H20N2O/c1-3-8-13-9-11-6-5-7-12(14-11)10-15-4-2/h5-7,13H,3-4,8-10H2,1-2H3. The van der Waals surface area contributed by atoms with Gasteiger partial charge in [0, 0.05) is 13.2 Å². The van der Waals surface area contributed by atoms with Crippen LogP contribution in [0.15, 0.2) is 18.2 Å². The van der Waals surface area contributed by atoms with Crippen LogP contribution >= 0.6 is 0 Å². The van der Waals surface area contributed by atoms with Crippen molar-refractivity contribution in [2.24, 2.45) is 0 Å². The highest BCUT2D eigenvalue weighted by Gasteiger charge is 1.97. The molecular weight excluding hydrogens is 188 g/mol. The van der Waals surface area contributed by atoms with Gasteiger partial charge in [-0.3, -0.25) is 4.98 Å². The van der Waals surface area contributed by atoms with Crippen LogP contribution in [-0.4, -0.2) is 18.1 Å². The van der Waals surface area contributed by atoms with Gasteiger partial charge in [-0.25, -0.2) is 0 Å². The predicted octanol–water partition coefficient (Wildman–Crippen LogP) is 2.12. The van der Waals surface area contributed by atoms with Gasteiger partial charge in [-0.05, 0) is 32.0 Å². The number of rotatable bonds is 7. The Balaban J connectivity index is 2.42. The van der Waals surface area contributed by atoms with Gasteiger partial charge < -0.3 is 10.1 Å². The van der Waals surface area contributed by atoms with Gasteiger partial charge >= 0.3 is 0 Å². The monoisotopic (exact) mass is 208 g/mol. The Labute approximate surface area is 91.9 Å². The van der Waals surface area contributed by atoms with Crippen LogP contribution < -0.4 is 5.32 Å². The van der Waals surface area contributed by atoms with Crippen molar-refractivity contribution in [2.75, 3.05) is 13.2 Å². The molecule has 0 fully saturated rings. The fourth-order valence-electron chi connectivity index (χ4n) is 1.31. The fourth-order valence-corrected chi connectivity index (χ4v) is 1.31. The summed E-state index contributed by atoms with van der Waals surface area (Å²) in [6.07, 6.45) is 1.15. The predicted molar refractivity (Wildman–Crippen MR) is 61.6 cm³/mol. The Morgan fingerprint density at radius 3 is 2.80 bits per heavy atom. The lowest BCUT2D eigenvalue weighted by molar-refractivity contribution is 0.131. The smallest absolute Gasteiger partial charge is 0.0887 e. The van der Waals surface area contributed by atoms with Crippen LogP contribution in [0.2, 0.25) is 0 Å². The summed E-state index contributed by atoms with van der Waals surface area (Å²) < 4.78 is 5.32. The first-order valence-electron chi connectivity index (χ1n) is 5.60. The normalized spacial score (nSPS) is 10.5. The molecule has 1 aromatic rings. The zero-order chi connectivity index (χ0) is 10.9. The van der Waals surface area contributed by atoms with E-state index in [-0.39, 0.29) is 0 Å². The van der Waals surface area contributed by atoms with Crippen molar-refractivity contribution in [3.63, 3.8) is 0 Å². The first-order chi connectivity index (χ1) is 7.36. The van der Waals surface area contributed by atoms with Gasteiger partial charge in [0.1, 0.15) is 0 Å². The summed E-state index contributed by atoms with van der Waals surface area (Å²) in [6.45, 7) is 7.38. The molecule has 3 heteroatoms. The second-order valence-electron chi connectivity index (χ2n) is 3.43. The van der Waals surface area contributed by atoms with Gasteiger partial charge in [-0.1, -0.05) is 13.0 Å². The molecule has 0 unspecified atom stereocenters. The van der Waals surface area contributed by atoms with Crippen molar-refractivity contribution in [3.05, 3.63) is 29.6 Å². The number of aromatic nitrogens is 1. The van der Waals surface area contributed by atoms with Crippen LogP contribution in [0.25, 0.3) is 0 Å². The summed E-state index contributed by atoms with van der Waals surface area (Å²) in [4.78, 5) is 4.49. The molecule has 0 spiro atoms. The number of ether oxygens (including phenoxy) is 1. The number of hydrogen-bond acceptors (Lipinski definition) is 3. The summed E-state index contributed by atoms with van der Waals surface area (Å²) in [7, 11) is 0. The molecule has 1 rings (SSSR count). The van der Waals surface area contributed by atoms with Crippen LogP contribution in [-0.2, 0) is 17.9 Å². The summed E-state index contributed by atoms with van der Waals surface area (Å²) in [5, 5.41) is 3.33. The number of hydrogen-bond donors (Lipinski definition) is 1. The van der Waals surface area contributed by atoms with Crippen molar-refractivity contribution < 1.29 is 4.74 Å². The van der Waals surface area contributed by atoms with Gasteiger partial charge in [-0.15, -0.1) is 0 Å². The minimum absolute atomic E-state index is 0.609. The van der Waals surface area contributed by atoms with Crippen LogP contribution in [0, 0.1) is 0 Å². The van der Waals surface area contributed by atoms with Crippen LogP contribution in [0.4, 0.5) is 0 Å². The van der Waals surface area contributed by atoms with E-state index in [0.717, 1.165) is 37.5 Å². The van der Waals surface area contributed by atoms with E-state index in [1.165, 1.54) is 0 Å². The highest BCUT2D eigenvalue weighted by atomic mass is 16.5. The molecule has 3 nitrogen and oxygen atoms in total. The summed E-state index contributed by atoms with van der Waals surface area (Å²) in [5.41, 5.74) is 2.09. The molecule has 1 heterocycles. The highest BCUT2D eigenvalue weighted by molar-refractivity contribution is 5.10. The molecule has 0 amide bonds. The molecular formula is C12H20N2O. The minimum atomic E-state index is 0.609. The lowest BCUT2D eigenvalue weighted by Crippen LogP contribution is -2.15. The lowest BCUT2D eigenvalue weighted by Gasteiger charge is -2.05. The molecule has 0 radical (unpaired) electrons. The SMILES string of the molecule is CCCNCc1cccc(COCC)n1. The van der Waals surface area contributed by atoms with Crippen molar-refractivity contribution in [2.45, 2.75) is 33.4 Å². The van der Waals surface area contributed by atoms with Crippen molar-refractivity contribution in [3.8, 4) is 0 Å². The number of nitrogens with one attached hydrogen (secondary N) is 1. The van der Waals surface area contributed by atoms with E-state index in [2.05, 4.69) is 17.2 Å². The number of nitrogens with zero attached hydrogens (tertiary/aromatic N) is 1. The van der Waals surface area contributed by atoms with E-state index < -0.39 is 0 Å². The van der Waals surface area contributed by atoms with Gasteiger partial charge in [0.05, 0.1) is 18.0 Å². The van der Waals surface area contributed by atoms with E-state index in [4.69, 9.17) is 4.74 Å². The second kappa shape index (κ2) is 7.37. The second-order valence-corrected chi connectivity index (χ2v) is 3.43. The first-order valence-corrected chi connectivity index (χ1v) is 5.60. The zero-order valence-electron chi connectivity index (χ0n) is 9.62.